The highest BCUT2D eigenvalue weighted by Crippen LogP contribution is 2.34. The van der Waals surface area contributed by atoms with Gasteiger partial charge in [-0.3, -0.25) is 0 Å². The van der Waals surface area contributed by atoms with E-state index in [1.165, 1.54) is 32.2 Å². The highest BCUT2D eigenvalue weighted by molar-refractivity contribution is 5.41. The summed E-state index contributed by atoms with van der Waals surface area (Å²) in [6.45, 7) is 3.05. The zero-order valence-electron chi connectivity index (χ0n) is 11.6. The summed E-state index contributed by atoms with van der Waals surface area (Å²) in [6.07, 6.45) is 0. The number of aliphatic hydroxyl groups is 1. The van der Waals surface area contributed by atoms with Crippen LogP contribution in [0.3, 0.4) is 0 Å². The smallest absolute Gasteiger partial charge is 0.171 e. The standard InChI is InChI=1S/C16H16F2O2/c1-10-7-8-11(9-13(10)17)16(2,19)12-5-4-6-14(20-3)15(12)18/h4-9,19H,1-3H3. The van der Waals surface area contributed by atoms with Gasteiger partial charge in [0.05, 0.1) is 7.11 Å². The molecule has 2 rings (SSSR count). The Kier molecular flexibility index (Phi) is 3.77. The molecule has 0 saturated carbocycles. The van der Waals surface area contributed by atoms with Gasteiger partial charge in [0.15, 0.2) is 11.6 Å². The van der Waals surface area contributed by atoms with Crippen molar-refractivity contribution in [3.8, 4) is 5.75 Å². The van der Waals surface area contributed by atoms with Gasteiger partial charge in [0, 0.05) is 5.56 Å². The summed E-state index contributed by atoms with van der Waals surface area (Å²) in [5.41, 5.74) is -0.851. The van der Waals surface area contributed by atoms with E-state index >= 15 is 0 Å². The summed E-state index contributed by atoms with van der Waals surface area (Å²) < 4.78 is 32.8. The van der Waals surface area contributed by atoms with E-state index in [0.717, 1.165) is 0 Å². The Morgan fingerprint density at radius 1 is 1.15 bits per heavy atom. The molecule has 2 nitrogen and oxygen atoms in total. The lowest BCUT2D eigenvalue weighted by Crippen LogP contribution is -2.24. The summed E-state index contributed by atoms with van der Waals surface area (Å²) in [7, 11) is 1.35. The van der Waals surface area contributed by atoms with E-state index in [1.807, 2.05) is 0 Å². The fourth-order valence-corrected chi connectivity index (χ4v) is 2.10. The molecule has 0 heterocycles. The van der Waals surface area contributed by atoms with Crippen molar-refractivity contribution in [2.45, 2.75) is 19.4 Å². The highest BCUT2D eigenvalue weighted by atomic mass is 19.1. The molecule has 1 atom stereocenters. The van der Waals surface area contributed by atoms with Gasteiger partial charge in [0.1, 0.15) is 11.4 Å². The van der Waals surface area contributed by atoms with E-state index in [4.69, 9.17) is 4.74 Å². The van der Waals surface area contributed by atoms with E-state index in [9.17, 15) is 13.9 Å². The fraction of sp³-hybridized carbons (Fsp3) is 0.250. The second kappa shape index (κ2) is 5.21. The van der Waals surface area contributed by atoms with Crippen LogP contribution in [-0.2, 0) is 5.60 Å². The van der Waals surface area contributed by atoms with Crippen LogP contribution in [0.1, 0.15) is 23.6 Å². The molecule has 0 aromatic heterocycles. The van der Waals surface area contributed by atoms with Crippen molar-refractivity contribution in [2.24, 2.45) is 0 Å². The van der Waals surface area contributed by atoms with Gasteiger partial charge < -0.3 is 9.84 Å². The van der Waals surface area contributed by atoms with Gasteiger partial charge in [-0.05, 0) is 37.1 Å². The van der Waals surface area contributed by atoms with Crippen LogP contribution in [0.15, 0.2) is 36.4 Å². The minimum atomic E-state index is -1.65. The molecular weight excluding hydrogens is 262 g/mol. The van der Waals surface area contributed by atoms with Crippen molar-refractivity contribution in [2.75, 3.05) is 7.11 Å². The number of halogens is 2. The maximum absolute atomic E-state index is 14.3. The molecule has 0 radical (unpaired) electrons. The SMILES string of the molecule is COc1cccc(C(C)(O)c2ccc(C)c(F)c2)c1F. The summed E-state index contributed by atoms with van der Waals surface area (Å²) in [5, 5.41) is 10.6. The first-order chi connectivity index (χ1) is 9.37. The molecule has 0 aliphatic heterocycles. The Hall–Kier alpha value is -1.94. The van der Waals surface area contributed by atoms with Gasteiger partial charge in [0.25, 0.3) is 0 Å². The first-order valence-corrected chi connectivity index (χ1v) is 6.20. The average molecular weight is 278 g/mol. The Balaban J connectivity index is 2.57. The molecule has 0 aliphatic carbocycles. The zero-order chi connectivity index (χ0) is 14.9. The Morgan fingerprint density at radius 2 is 1.85 bits per heavy atom. The van der Waals surface area contributed by atoms with Crippen LogP contribution in [0.25, 0.3) is 0 Å². The van der Waals surface area contributed by atoms with Gasteiger partial charge in [-0.2, -0.15) is 0 Å². The maximum atomic E-state index is 14.3. The molecule has 0 fully saturated rings. The normalized spacial score (nSPS) is 13.9. The monoisotopic (exact) mass is 278 g/mol. The molecule has 1 N–H and O–H groups in total. The van der Waals surface area contributed by atoms with Crippen LogP contribution in [-0.4, -0.2) is 12.2 Å². The van der Waals surface area contributed by atoms with Crippen molar-refractivity contribution in [3.05, 3.63) is 64.7 Å². The predicted octanol–water partition coefficient (Wildman–Crippen LogP) is 3.54. The number of hydrogen-bond donors (Lipinski definition) is 1. The maximum Gasteiger partial charge on any atom is 0.171 e. The van der Waals surface area contributed by atoms with Gasteiger partial charge in [-0.1, -0.05) is 24.3 Å². The van der Waals surface area contributed by atoms with Crippen LogP contribution >= 0.6 is 0 Å². The summed E-state index contributed by atoms with van der Waals surface area (Å²) in [5.74, 6) is -1.05. The Bertz CT molecular complexity index is 636. The predicted molar refractivity (Wildman–Crippen MR) is 72.8 cm³/mol. The van der Waals surface area contributed by atoms with Crippen molar-refractivity contribution >= 4 is 0 Å². The zero-order valence-corrected chi connectivity index (χ0v) is 11.6. The number of aryl methyl sites for hydroxylation is 1. The number of rotatable bonds is 3. The van der Waals surface area contributed by atoms with E-state index in [0.29, 0.717) is 5.56 Å². The van der Waals surface area contributed by atoms with E-state index in [-0.39, 0.29) is 16.9 Å². The molecule has 0 amide bonds. The molecule has 0 bridgehead atoms. The van der Waals surface area contributed by atoms with Gasteiger partial charge >= 0.3 is 0 Å². The lowest BCUT2D eigenvalue weighted by Gasteiger charge is -2.26. The number of benzene rings is 2. The van der Waals surface area contributed by atoms with E-state index in [2.05, 4.69) is 0 Å². The van der Waals surface area contributed by atoms with Crippen LogP contribution in [0.5, 0.6) is 5.75 Å². The number of methoxy groups -OCH3 is 1. The quantitative estimate of drug-likeness (QED) is 0.930. The lowest BCUT2D eigenvalue weighted by atomic mass is 9.87. The van der Waals surface area contributed by atoms with Gasteiger partial charge in [0.2, 0.25) is 0 Å². The molecule has 2 aromatic carbocycles. The first-order valence-electron chi connectivity index (χ1n) is 6.20. The molecule has 4 heteroatoms. The topological polar surface area (TPSA) is 29.5 Å². The minimum absolute atomic E-state index is 0.0374. The van der Waals surface area contributed by atoms with Crippen LogP contribution < -0.4 is 4.74 Å². The second-order valence-electron chi connectivity index (χ2n) is 4.86. The molecule has 20 heavy (non-hydrogen) atoms. The third kappa shape index (κ3) is 2.39. The molecular formula is C16H16F2O2. The van der Waals surface area contributed by atoms with Crippen molar-refractivity contribution < 1.29 is 18.6 Å². The largest absolute Gasteiger partial charge is 0.494 e. The Morgan fingerprint density at radius 3 is 2.45 bits per heavy atom. The molecule has 0 spiro atoms. The van der Waals surface area contributed by atoms with Crippen LogP contribution in [0.2, 0.25) is 0 Å². The molecule has 106 valence electrons. The van der Waals surface area contributed by atoms with Gasteiger partial charge in [-0.15, -0.1) is 0 Å². The lowest BCUT2D eigenvalue weighted by molar-refractivity contribution is 0.0968. The van der Waals surface area contributed by atoms with Crippen molar-refractivity contribution in [3.63, 3.8) is 0 Å². The first kappa shape index (κ1) is 14.5. The third-order valence-electron chi connectivity index (χ3n) is 3.44. The molecule has 0 aliphatic rings. The van der Waals surface area contributed by atoms with Crippen LogP contribution in [0, 0.1) is 18.6 Å². The van der Waals surface area contributed by atoms with Gasteiger partial charge in [-0.25, -0.2) is 8.78 Å². The summed E-state index contributed by atoms with van der Waals surface area (Å²) in [6, 6.07) is 8.85. The minimum Gasteiger partial charge on any atom is -0.494 e. The average Bonchev–Trinajstić information content (AvgIpc) is 2.41. The number of ether oxygens (including phenoxy) is 1. The third-order valence-corrected chi connectivity index (χ3v) is 3.44. The van der Waals surface area contributed by atoms with E-state index in [1.54, 1.807) is 25.1 Å². The summed E-state index contributed by atoms with van der Waals surface area (Å²) in [4.78, 5) is 0. The van der Waals surface area contributed by atoms with E-state index < -0.39 is 17.2 Å². The molecule has 1 unspecified atom stereocenters. The number of hydrogen-bond acceptors (Lipinski definition) is 2. The highest BCUT2D eigenvalue weighted by Gasteiger charge is 2.30. The van der Waals surface area contributed by atoms with Crippen LogP contribution in [0.4, 0.5) is 8.78 Å². The molecule has 2 aromatic rings. The molecule has 0 saturated heterocycles. The fourth-order valence-electron chi connectivity index (χ4n) is 2.10. The van der Waals surface area contributed by atoms with Crippen molar-refractivity contribution in [1.82, 2.24) is 0 Å². The summed E-state index contributed by atoms with van der Waals surface area (Å²) >= 11 is 0. The second-order valence-corrected chi connectivity index (χ2v) is 4.86. The van der Waals surface area contributed by atoms with Crippen molar-refractivity contribution in [1.29, 1.82) is 0 Å². The Labute approximate surface area is 116 Å².